The van der Waals surface area contributed by atoms with Crippen LogP contribution in [0.2, 0.25) is 0 Å². The minimum atomic E-state index is -0.641. The molecule has 0 unspecified atom stereocenters. The van der Waals surface area contributed by atoms with Crippen molar-refractivity contribution in [1.82, 2.24) is 5.32 Å². The van der Waals surface area contributed by atoms with E-state index in [4.69, 9.17) is 18.8 Å². The van der Waals surface area contributed by atoms with Crippen molar-refractivity contribution in [2.45, 2.75) is 44.8 Å². The Bertz CT molecular complexity index is 1360. The van der Waals surface area contributed by atoms with Gasteiger partial charge in [0.15, 0.2) is 0 Å². The number of nitrogens with one attached hydrogen (secondary N) is 1. The number of methoxy groups -OCH3 is 1. The number of amides is 1. The highest BCUT2D eigenvalue weighted by atomic mass is 79.9. The number of ether oxygens (including phenoxy) is 2. The van der Waals surface area contributed by atoms with Crippen LogP contribution in [0.3, 0.4) is 0 Å². The Morgan fingerprint density at radius 3 is 2.15 bits per heavy atom. The summed E-state index contributed by atoms with van der Waals surface area (Å²) in [5.41, 5.74) is 5.28. The van der Waals surface area contributed by atoms with Gasteiger partial charge < -0.3 is 24.1 Å². The van der Waals surface area contributed by atoms with Crippen molar-refractivity contribution in [3.63, 3.8) is 0 Å². The molecule has 2 aliphatic rings. The zero-order chi connectivity index (χ0) is 27.8. The van der Waals surface area contributed by atoms with Gasteiger partial charge in [0.25, 0.3) is 0 Å². The normalized spacial score (nSPS) is 17.5. The van der Waals surface area contributed by atoms with Gasteiger partial charge in [-0.3, -0.25) is 0 Å². The van der Waals surface area contributed by atoms with E-state index in [9.17, 15) is 4.79 Å². The predicted octanol–water partition coefficient (Wildman–Crippen LogP) is 7.01. The predicted molar refractivity (Wildman–Crippen MR) is 158 cm³/mol. The first-order valence-corrected chi connectivity index (χ1v) is 13.9. The van der Waals surface area contributed by atoms with E-state index in [0.29, 0.717) is 5.75 Å². The van der Waals surface area contributed by atoms with Crippen molar-refractivity contribution in [2.75, 3.05) is 20.3 Å². The summed E-state index contributed by atoms with van der Waals surface area (Å²) in [6, 6.07) is 22.3. The number of benzene rings is 3. The van der Waals surface area contributed by atoms with Crippen molar-refractivity contribution in [1.29, 1.82) is 0 Å². The van der Waals surface area contributed by atoms with E-state index in [0.717, 1.165) is 15.5 Å². The Morgan fingerprint density at radius 2 is 1.56 bits per heavy atom. The van der Waals surface area contributed by atoms with E-state index >= 15 is 0 Å². The maximum absolute atomic E-state index is 12.9. The minimum absolute atomic E-state index is 0.00622. The van der Waals surface area contributed by atoms with E-state index in [2.05, 4.69) is 45.5 Å². The topological polar surface area (TPSA) is 66.0 Å². The molecule has 8 heteroatoms. The van der Waals surface area contributed by atoms with Gasteiger partial charge in [0, 0.05) is 22.5 Å². The Balaban J connectivity index is 1.32. The highest BCUT2D eigenvalue weighted by molar-refractivity contribution is 9.10. The van der Waals surface area contributed by atoms with Crippen LogP contribution in [0.25, 0.3) is 17.2 Å². The van der Waals surface area contributed by atoms with Crippen molar-refractivity contribution in [3.05, 3.63) is 93.4 Å². The Morgan fingerprint density at radius 1 is 0.974 bits per heavy atom. The van der Waals surface area contributed by atoms with Gasteiger partial charge in [0.1, 0.15) is 12.4 Å². The van der Waals surface area contributed by atoms with Gasteiger partial charge in [0.05, 0.1) is 18.3 Å². The van der Waals surface area contributed by atoms with Crippen LogP contribution < -0.4 is 10.1 Å². The molecule has 0 radical (unpaired) electrons. The van der Waals surface area contributed by atoms with Crippen molar-refractivity contribution in [3.8, 4) is 16.9 Å². The number of carbonyl (C=O) groups excluding carboxylic acids is 1. The van der Waals surface area contributed by atoms with Crippen LogP contribution in [-0.4, -0.2) is 44.7 Å². The Labute approximate surface area is 239 Å². The van der Waals surface area contributed by atoms with E-state index in [1.54, 1.807) is 7.11 Å². The van der Waals surface area contributed by atoms with Crippen LogP contribution in [0.4, 0.5) is 4.79 Å². The van der Waals surface area contributed by atoms with Crippen molar-refractivity contribution in [2.24, 2.45) is 0 Å². The molecule has 1 aliphatic carbocycles. The second kappa shape index (κ2) is 10.8. The first-order chi connectivity index (χ1) is 18.6. The van der Waals surface area contributed by atoms with Gasteiger partial charge in [-0.15, -0.1) is 0 Å². The third-order valence-corrected chi connectivity index (χ3v) is 8.37. The smallest absolute Gasteiger partial charge is 0.492 e. The Kier molecular flexibility index (Phi) is 7.64. The van der Waals surface area contributed by atoms with Crippen LogP contribution in [-0.2, 0) is 14.0 Å². The van der Waals surface area contributed by atoms with Gasteiger partial charge in [-0.25, -0.2) is 4.79 Å². The summed E-state index contributed by atoms with van der Waals surface area (Å²) in [5.74, 6) is 0.688. The standard InChI is InChI=1S/C31H33BBrNO5/c1-30(2)31(3,4)39-32(38-30)21(16-20-14-15-22(33)17-28(20)36-5)18-34-29(35)37-19-27-25-12-8-6-10-23(25)24-11-7-9-13-26(24)27/h6-17,27H,18-19H2,1-5H3,(H,34,35). The molecule has 6 nitrogen and oxygen atoms in total. The first kappa shape index (κ1) is 27.5. The number of hydrogen-bond acceptors (Lipinski definition) is 5. The zero-order valence-corrected chi connectivity index (χ0v) is 24.5. The monoisotopic (exact) mass is 589 g/mol. The third-order valence-electron chi connectivity index (χ3n) is 7.87. The van der Waals surface area contributed by atoms with Gasteiger partial charge >= 0.3 is 13.2 Å². The van der Waals surface area contributed by atoms with Gasteiger partial charge in [-0.1, -0.05) is 76.6 Å². The molecule has 1 N–H and O–H groups in total. The first-order valence-electron chi connectivity index (χ1n) is 13.1. The number of rotatable bonds is 7. The SMILES string of the molecule is COc1cc(Br)ccc1C=C(CNC(=O)OCC1c2ccccc2-c2ccccc21)B1OC(C)(C)C(C)(C)O1. The molecule has 3 aromatic carbocycles. The van der Waals surface area contributed by atoms with E-state index < -0.39 is 24.4 Å². The van der Waals surface area contributed by atoms with Crippen LogP contribution in [0, 0.1) is 0 Å². The quantitative estimate of drug-likeness (QED) is 0.300. The molecule has 202 valence electrons. The van der Waals surface area contributed by atoms with Crippen molar-refractivity contribution >= 4 is 35.2 Å². The number of halogens is 1. The molecule has 0 spiro atoms. The lowest BCUT2D eigenvalue weighted by Crippen LogP contribution is -2.41. The second-order valence-corrected chi connectivity index (χ2v) is 11.8. The maximum atomic E-state index is 12.9. The molecule has 1 amide bonds. The molecule has 0 aromatic heterocycles. The fraction of sp³-hybridized carbons (Fsp3) is 0.323. The third kappa shape index (κ3) is 5.51. The van der Waals surface area contributed by atoms with Gasteiger partial charge in [-0.2, -0.15) is 0 Å². The summed E-state index contributed by atoms with van der Waals surface area (Å²) in [6.07, 6.45) is 1.44. The highest BCUT2D eigenvalue weighted by Gasteiger charge is 2.52. The van der Waals surface area contributed by atoms with E-state index in [1.807, 2.05) is 76.2 Å². The zero-order valence-electron chi connectivity index (χ0n) is 22.9. The average Bonchev–Trinajstić information content (AvgIpc) is 3.34. The van der Waals surface area contributed by atoms with E-state index in [-0.39, 0.29) is 19.1 Å². The summed E-state index contributed by atoms with van der Waals surface area (Å²) in [5, 5.41) is 2.92. The lowest BCUT2D eigenvalue weighted by atomic mass is 9.77. The number of fused-ring (bicyclic) bond motifs is 3. The van der Waals surface area contributed by atoms with Crippen LogP contribution in [0.15, 0.2) is 76.7 Å². The summed E-state index contributed by atoms with van der Waals surface area (Å²) in [6.45, 7) is 8.45. The Hall–Kier alpha value is -3.07. The molecule has 1 fully saturated rings. The fourth-order valence-corrected chi connectivity index (χ4v) is 5.36. The lowest BCUT2D eigenvalue weighted by molar-refractivity contribution is 0.00578. The highest BCUT2D eigenvalue weighted by Crippen LogP contribution is 2.44. The maximum Gasteiger partial charge on any atom is 0.492 e. The van der Waals surface area contributed by atoms with Crippen LogP contribution in [0.1, 0.15) is 50.3 Å². The average molecular weight is 590 g/mol. The van der Waals surface area contributed by atoms with Crippen LogP contribution in [0.5, 0.6) is 5.75 Å². The van der Waals surface area contributed by atoms with E-state index in [1.165, 1.54) is 22.3 Å². The minimum Gasteiger partial charge on any atom is -0.496 e. The molecule has 1 saturated heterocycles. The molecule has 3 aromatic rings. The molecule has 0 saturated carbocycles. The summed E-state index contributed by atoms with van der Waals surface area (Å²) in [7, 11) is 0.986. The molecule has 0 atom stereocenters. The van der Waals surface area contributed by atoms with Gasteiger partial charge in [0.2, 0.25) is 0 Å². The molecule has 1 heterocycles. The molecule has 1 aliphatic heterocycles. The summed E-state index contributed by atoms with van der Waals surface area (Å²) < 4.78 is 24.9. The number of carbonyl (C=O) groups is 1. The van der Waals surface area contributed by atoms with Crippen molar-refractivity contribution < 1.29 is 23.6 Å². The molecule has 5 rings (SSSR count). The van der Waals surface area contributed by atoms with Crippen LogP contribution >= 0.6 is 15.9 Å². The largest absolute Gasteiger partial charge is 0.496 e. The summed E-state index contributed by atoms with van der Waals surface area (Å²) in [4.78, 5) is 12.9. The number of alkyl carbamates (subject to hydrolysis) is 1. The molecular weight excluding hydrogens is 557 g/mol. The van der Waals surface area contributed by atoms with Gasteiger partial charge in [-0.05, 0) is 67.6 Å². The molecule has 39 heavy (non-hydrogen) atoms. The fourth-order valence-electron chi connectivity index (χ4n) is 5.02. The molecular formula is C31H33BBrNO5. The second-order valence-electron chi connectivity index (χ2n) is 10.9. The molecule has 0 bridgehead atoms. The lowest BCUT2D eigenvalue weighted by Gasteiger charge is -2.32. The summed E-state index contributed by atoms with van der Waals surface area (Å²) >= 11 is 3.49. The number of hydrogen-bond donors (Lipinski definition) is 1.